The Kier molecular flexibility index (Phi) is 5.10. The van der Waals surface area contributed by atoms with Gasteiger partial charge in [-0.15, -0.1) is 0 Å². The lowest BCUT2D eigenvalue weighted by atomic mass is 10.1. The first kappa shape index (κ1) is 16.7. The van der Waals surface area contributed by atoms with Crippen LogP contribution in [0.1, 0.15) is 6.42 Å². The van der Waals surface area contributed by atoms with Crippen LogP contribution in [0.25, 0.3) is 16.9 Å². The van der Waals surface area contributed by atoms with Crippen molar-refractivity contribution in [3.63, 3.8) is 0 Å². The van der Waals surface area contributed by atoms with Crippen LogP contribution in [0.5, 0.6) is 5.75 Å². The maximum atomic E-state index is 11.8. The van der Waals surface area contributed by atoms with Crippen LogP contribution < -0.4 is 21.1 Å². The molecule has 2 amide bonds. The number of benzene rings is 1. The molecule has 0 aliphatic heterocycles. The zero-order valence-corrected chi connectivity index (χ0v) is 13.9. The number of fused-ring (bicyclic) bond motifs is 1. The summed E-state index contributed by atoms with van der Waals surface area (Å²) in [5, 5.41) is 9.93. The second-order valence-corrected chi connectivity index (χ2v) is 5.40. The Balaban J connectivity index is 1.78. The minimum Gasteiger partial charge on any atom is -0.497 e. The highest BCUT2D eigenvalue weighted by Gasteiger charge is 2.08. The number of hydrogen-bond donors (Lipinski definition) is 3. The van der Waals surface area contributed by atoms with E-state index in [4.69, 9.17) is 10.5 Å². The molecular weight excluding hydrogens is 320 g/mol. The Hall–Kier alpha value is -3.13. The highest BCUT2D eigenvalue weighted by Crippen LogP contribution is 2.22. The van der Waals surface area contributed by atoms with Gasteiger partial charge >= 0.3 is 6.03 Å². The molecule has 0 saturated heterocycles. The van der Waals surface area contributed by atoms with Crippen LogP contribution in [-0.4, -0.2) is 40.8 Å². The number of carbonyl (C=O) groups is 1. The van der Waals surface area contributed by atoms with E-state index in [-0.39, 0.29) is 6.03 Å². The van der Waals surface area contributed by atoms with E-state index in [1.165, 1.54) is 0 Å². The van der Waals surface area contributed by atoms with Gasteiger partial charge in [-0.25, -0.2) is 14.3 Å². The number of rotatable bonds is 6. The first-order chi connectivity index (χ1) is 12.2. The number of ether oxygens (including phenoxy) is 1. The second kappa shape index (κ2) is 7.63. The van der Waals surface area contributed by atoms with Crippen molar-refractivity contribution < 1.29 is 9.53 Å². The average Bonchev–Trinajstić information content (AvgIpc) is 3.03. The maximum absolute atomic E-state index is 11.8. The van der Waals surface area contributed by atoms with Crippen molar-refractivity contribution in [3.05, 3.63) is 42.6 Å². The van der Waals surface area contributed by atoms with Crippen molar-refractivity contribution in [2.75, 3.05) is 25.5 Å². The molecule has 0 spiro atoms. The van der Waals surface area contributed by atoms with E-state index < -0.39 is 0 Å². The molecule has 0 aliphatic carbocycles. The van der Waals surface area contributed by atoms with Gasteiger partial charge in [0.1, 0.15) is 5.75 Å². The number of anilines is 1. The normalized spacial score (nSPS) is 10.6. The quantitative estimate of drug-likeness (QED) is 0.594. The van der Waals surface area contributed by atoms with E-state index in [2.05, 4.69) is 20.7 Å². The molecule has 8 nitrogen and oxygen atoms in total. The summed E-state index contributed by atoms with van der Waals surface area (Å²) < 4.78 is 6.87. The molecular formula is C17H20N6O2. The fourth-order valence-electron chi connectivity index (χ4n) is 2.34. The molecule has 0 atom stereocenters. The summed E-state index contributed by atoms with van der Waals surface area (Å²) in [7, 11) is 1.63. The van der Waals surface area contributed by atoms with Crippen molar-refractivity contribution in [2.24, 2.45) is 5.73 Å². The summed E-state index contributed by atoms with van der Waals surface area (Å²) in [6.07, 6.45) is 2.39. The lowest BCUT2D eigenvalue weighted by Gasteiger charge is -2.04. The number of aromatic nitrogens is 3. The number of amides is 2. The minimum atomic E-state index is -0.315. The lowest BCUT2D eigenvalue weighted by Crippen LogP contribution is -2.30. The van der Waals surface area contributed by atoms with E-state index in [1.54, 1.807) is 17.8 Å². The number of hydrogen-bond acceptors (Lipinski definition) is 5. The van der Waals surface area contributed by atoms with Crippen molar-refractivity contribution in [1.82, 2.24) is 19.9 Å². The molecule has 0 bridgehead atoms. The summed E-state index contributed by atoms with van der Waals surface area (Å²) in [6, 6.07) is 11.1. The summed E-state index contributed by atoms with van der Waals surface area (Å²) >= 11 is 0. The van der Waals surface area contributed by atoms with Crippen molar-refractivity contribution in [1.29, 1.82) is 0 Å². The van der Waals surface area contributed by atoms with Gasteiger partial charge in [-0.05, 0) is 37.2 Å². The number of carbonyl (C=O) groups excluding carboxylic acids is 1. The standard InChI is InChI=1S/C17H20N6O2/c1-25-13-5-2-4-12(10-13)14-6-7-16-20-15(11-23(16)22-14)21-17(24)19-9-3-8-18/h2,4-7,10-11H,3,8-9,18H2,1H3,(H2,19,21,24). The van der Waals surface area contributed by atoms with Crippen LogP contribution in [0, 0.1) is 0 Å². The van der Waals surface area contributed by atoms with E-state index in [1.807, 2.05) is 36.4 Å². The van der Waals surface area contributed by atoms with Gasteiger partial charge in [0.25, 0.3) is 0 Å². The summed E-state index contributed by atoms with van der Waals surface area (Å²) in [4.78, 5) is 16.1. The Morgan fingerprint density at radius 1 is 1.32 bits per heavy atom. The molecule has 3 aromatic rings. The van der Waals surface area contributed by atoms with Gasteiger partial charge < -0.3 is 15.8 Å². The Bertz CT molecular complexity index is 876. The zero-order chi connectivity index (χ0) is 17.6. The van der Waals surface area contributed by atoms with Gasteiger partial charge in [0, 0.05) is 12.1 Å². The molecule has 2 aromatic heterocycles. The summed E-state index contributed by atoms with van der Waals surface area (Å²) in [5.74, 6) is 1.20. The molecule has 130 valence electrons. The third-order valence-electron chi connectivity index (χ3n) is 3.59. The topological polar surface area (TPSA) is 107 Å². The smallest absolute Gasteiger partial charge is 0.320 e. The number of nitrogens with zero attached hydrogens (tertiary/aromatic N) is 3. The maximum Gasteiger partial charge on any atom is 0.320 e. The van der Waals surface area contributed by atoms with Crippen LogP contribution in [0.2, 0.25) is 0 Å². The largest absolute Gasteiger partial charge is 0.497 e. The molecule has 1 aromatic carbocycles. The van der Waals surface area contributed by atoms with Crippen molar-refractivity contribution in [2.45, 2.75) is 6.42 Å². The van der Waals surface area contributed by atoms with E-state index in [0.717, 1.165) is 23.4 Å². The third-order valence-corrected chi connectivity index (χ3v) is 3.59. The SMILES string of the molecule is COc1cccc(-c2ccc3nc(NC(=O)NCCCN)cn3n2)c1. The molecule has 8 heteroatoms. The van der Waals surface area contributed by atoms with Gasteiger partial charge in [-0.1, -0.05) is 12.1 Å². The molecule has 0 radical (unpaired) electrons. The number of urea groups is 1. The van der Waals surface area contributed by atoms with Gasteiger partial charge in [0.2, 0.25) is 0 Å². The predicted molar refractivity (Wildman–Crippen MR) is 95.7 cm³/mol. The Morgan fingerprint density at radius 3 is 3.00 bits per heavy atom. The average molecular weight is 340 g/mol. The summed E-state index contributed by atoms with van der Waals surface area (Å²) in [6.45, 7) is 1.06. The highest BCUT2D eigenvalue weighted by atomic mass is 16.5. The minimum absolute atomic E-state index is 0.315. The Labute approximate surface area is 145 Å². The van der Waals surface area contributed by atoms with Gasteiger partial charge in [0.15, 0.2) is 11.5 Å². The molecule has 0 unspecified atom stereocenters. The van der Waals surface area contributed by atoms with E-state index >= 15 is 0 Å². The fraction of sp³-hybridized carbons (Fsp3) is 0.235. The molecule has 2 heterocycles. The van der Waals surface area contributed by atoms with Crippen LogP contribution in [0.4, 0.5) is 10.6 Å². The third kappa shape index (κ3) is 4.04. The Morgan fingerprint density at radius 2 is 2.20 bits per heavy atom. The summed E-state index contributed by atoms with van der Waals surface area (Å²) in [5.41, 5.74) is 7.75. The van der Waals surface area contributed by atoms with Gasteiger partial charge in [-0.2, -0.15) is 5.10 Å². The number of methoxy groups -OCH3 is 1. The molecule has 4 N–H and O–H groups in total. The zero-order valence-electron chi connectivity index (χ0n) is 13.9. The van der Waals surface area contributed by atoms with Crippen molar-refractivity contribution >= 4 is 17.5 Å². The lowest BCUT2D eigenvalue weighted by molar-refractivity contribution is 0.252. The van der Waals surface area contributed by atoms with E-state index in [9.17, 15) is 4.79 Å². The molecule has 25 heavy (non-hydrogen) atoms. The highest BCUT2D eigenvalue weighted by molar-refractivity contribution is 5.88. The molecule has 0 aliphatic rings. The second-order valence-electron chi connectivity index (χ2n) is 5.40. The van der Waals surface area contributed by atoms with Crippen molar-refractivity contribution in [3.8, 4) is 17.0 Å². The monoisotopic (exact) mass is 340 g/mol. The van der Waals surface area contributed by atoms with Crippen LogP contribution in [-0.2, 0) is 0 Å². The van der Waals surface area contributed by atoms with Gasteiger partial charge in [-0.3, -0.25) is 5.32 Å². The first-order valence-electron chi connectivity index (χ1n) is 7.95. The number of imidazole rings is 1. The van der Waals surface area contributed by atoms with Crippen LogP contribution in [0.15, 0.2) is 42.6 Å². The molecule has 0 fully saturated rings. The predicted octanol–water partition coefficient (Wildman–Crippen LogP) is 1.88. The van der Waals surface area contributed by atoms with Gasteiger partial charge in [0.05, 0.1) is 19.0 Å². The van der Waals surface area contributed by atoms with Crippen LogP contribution in [0.3, 0.4) is 0 Å². The fourth-order valence-corrected chi connectivity index (χ4v) is 2.34. The van der Waals surface area contributed by atoms with Crippen LogP contribution >= 0.6 is 0 Å². The number of nitrogens with one attached hydrogen (secondary N) is 2. The number of nitrogens with two attached hydrogens (primary N) is 1. The molecule has 0 saturated carbocycles. The molecule has 3 rings (SSSR count). The van der Waals surface area contributed by atoms with E-state index in [0.29, 0.717) is 24.6 Å². The first-order valence-corrected chi connectivity index (χ1v) is 7.95.